The van der Waals surface area contributed by atoms with Crippen LogP contribution in [-0.2, 0) is 29.4 Å². The lowest BCUT2D eigenvalue weighted by Crippen LogP contribution is -2.22. The van der Waals surface area contributed by atoms with Gasteiger partial charge in [-0.05, 0) is 20.3 Å². The van der Waals surface area contributed by atoms with Gasteiger partial charge in [-0.2, -0.15) is 5.10 Å². The van der Waals surface area contributed by atoms with Crippen LogP contribution in [0, 0.1) is 0 Å². The fourth-order valence-corrected chi connectivity index (χ4v) is 2.69. The smallest absolute Gasteiger partial charge is 0.328 e. The number of carbonyl (C=O) groups is 1. The molecule has 0 aliphatic carbocycles. The van der Waals surface area contributed by atoms with Gasteiger partial charge in [0.25, 0.3) is 0 Å². The second-order valence-corrected chi connectivity index (χ2v) is 5.24. The number of hydrogen-bond donors (Lipinski definition) is 0. The van der Waals surface area contributed by atoms with Gasteiger partial charge in [0.2, 0.25) is 0 Å². The topological polar surface area (TPSA) is 61.9 Å². The fourth-order valence-electron chi connectivity index (χ4n) is 2.52. The Hall–Kier alpha value is -1.56. The number of imidazole rings is 1. The van der Waals surface area contributed by atoms with Crippen molar-refractivity contribution in [2.75, 3.05) is 12.5 Å². The van der Waals surface area contributed by atoms with Crippen molar-refractivity contribution in [3.63, 3.8) is 0 Å². The molecule has 0 spiro atoms. The molecule has 0 amide bonds. The van der Waals surface area contributed by atoms with E-state index in [4.69, 9.17) is 16.3 Å². The van der Waals surface area contributed by atoms with E-state index in [2.05, 4.69) is 10.1 Å². The first kappa shape index (κ1) is 15.8. The first-order valence-electron chi connectivity index (χ1n) is 7.20. The summed E-state index contributed by atoms with van der Waals surface area (Å²) < 4.78 is 8.80. The van der Waals surface area contributed by atoms with E-state index in [0.29, 0.717) is 18.9 Å². The van der Waals surface area contributed by atoms with Gasteiger partial charge < -0.3 is 4.74 Å². The monoisotopic (exact) mass is 312 g/mol. The predicted octanol–water partition coefficient (Wildman–Crippen LogP) is 2.24. The van der Waals surface area contributed by atoms with Crippen LogP contribution in [0.25, 0.3) is 11.2 Å². The van der Waals surface area contributed by atoms with Crippen LogP contribution in [-0.4, -0.2) is 37.8 Å². The highest BCUT2D eigenvalue weighted by atomic mass is 35.5. The van der Waals surface area contributed by atoms with Crippen molar-refractivity contribution >= 4 is 28.7 Å². The average molecular weight is 313 g/mol. The number of ether oxygens (including phenoxy) is 1. The minimum absolute atomic E-state index is 0.271. The molecule has 2 heterocycles. The minimum Gasteiger partial charge on any atom is -0.464 e. The van der Waals surface area contributed by atoms with Gasteiger partial charge in [-0.25, -0.2) is 9.78 Å². The molecule has 7 heteroatoms. The molecule has 2 aromatic rings. The van der Waals surface area contributed by atoms with Crippen molar-refractivity contribution in [3.05, 3.63) is 11.5 Å². The van der Waals surface area contributed by atoms with Crippen LogP contribution in [0.1, 0.15) is 38.3 Å². The summed E-state index contributed by atoms with van der Waals surface area (Å²) in [5.74, 6) is 0.975. The van der Waals surface area contributed by atoms with Crippen molar-refractivity contribution in [1.82, 2.24) is 19.3 Å². The molecule has 0 aliphatic rings. The SMILES string of the molecule is CCOC(=O)C(C)n1c(CCCl)nc2c(CC)nn(C)c21. The molecule has 0 fully saturated rings. The van der Waals surface area contributed by atoms with Gasteiger partial charge in [-0.3, -0.25) is 9.25 Å². The van der Waals surface area contributed by atoms with Gasteiger partial charge >= 0.3 is 5.97 Å². The molecule has 0 saturated carbocycles. The number of nitrogens with zero attached hydrogens (tertiary/aromatic N) is 4. The predicted molar refractivity (Wildman–Crippen MR) is 81.6 cm³/mol. The highest BCUT2D eigenvalue weighted by molar-refractivity contribution is 6.17. The van der Waals surface area contributed by atoms with E-state index in [9.17, 15) is 4.79 Å². The summed E-state index contributed by atoms with van der Waals surface area (Å²) in [4.78, 5) is 16.7. The van der Waals surface area contributed by atoms with Gasteiger partial charge in [0.1, 0.15) is 17.4 Å². The van der Waals surface area contributed by atoms with Crippen molar-refractivity contribution < 1.29 is 9.53 Å². The molecule has 21 heavy (non-hydrogen) atoms. The van der Waals surface area contributed by atoms with Gasteiger partial charge in [-0.1, -0.05) is 6.92 Å². The Kier molecular flexibility index (Phi) is 4.88. The molecule has 2 aromatic heterocycles. The largest absolute Gasteiger partial charge is 0.464 e. The Bertz CT molecular complexity index is 647. The molecule has 116 valence electrons. The molecule has 0 aliphatic heterocycles. The molecular formula is C14H21ClN4O2. The summed E-state index contributed by atoms with van der Waals surface area (Å²) in [6.07, 6.45) is 1.39. The standard InChI is InChI=1S/C14H21ClN4O2/c1-5-10-12-13(18(4)17-10)19(11(16-12)7-8-15)9(3)14(20)21-6-2/h9H,5-8H2,1-4H3. The number of carbonyl (C=O) groups excluding carboxylic acids is 1. The lowest BCUT2D eigenvalue weighted by atomic mass is 10.3. The Morgan fingerprint density at radius 1 is 1.43 bits per heavy atom. The Morgan fingerprint density at radius 2 is 2.14 bits per heavy atom. The average Bonchev–Trinajstić information content (AvgIpc) is 2.96. The summed E-state index contributed by atoms with van der Waals surface area (Å²) in [5, 5.41) is 4.47. The van der Waals surface area contributed by atoms with Crippen molar-refractivity contribution in [3.8, 4) is 0 Å². The van der Waals surface area contributed by atoms with Gasteiger partial charge in [0, 0.05) is 19.3 Å². The number of halogens is 1. The third-order valence-electron chi connectivity index (χ3n) is 3.48. The number of hydrogen-bond acceptors (Lipinski definition) is 4. The molecule has 1 unspecified atom stereocenters. The summed E-state index contributed by atoms with van der Waals surface area (Å²) in [6, 6.07) is -0.451. The summed E-state index contributed by atoms with van der Waals surface area (Å²) >= 11 is 5.87. The maximum atomic E-state index is 12.1. The molecule has 1 atom stereocenters. The first-order chi connectivity index (χ1) is 10.0. The fraction of sp³-hybridized carbons (Fsp3) is 0.643. The van der Waals surface area contributed by atoms with E-state index in [-0.39, 0.29) is 5.97 Å². The van der Waals surface area contributed by atoms with Gasteiger partial charge in [0.15, 0.2) is 5.65 Å². The van der Waals surface area contributed by atoms with E-state index in [1.165, 1.54) is 0 Å². The van der Waals surface area contributed by atoms with Crippen LogP contribution in [0.15, 0.2) is 0 Å². The number of aryl methyl sites for hydroxylation is 3. The Morgan fingerprint density at radius 3 is 2.71 bits per heavy atom. The molecular weight excluding hydrogens is 292 g/mol. The third kappa shape index (κ3) is 2.77. The van der Waals surface area contributed by atoms with Crippen LogP contribution in [0.5, 0.6) is 0 Å². The second-order valence-electron chi connectivity index (χ2n) is 4.86. The number of esters is 1. The molecule has 0 radical (unpaired) electrons. The van der Waals surface area contributed by atoms with Crippen LogP contribution >= 0.6 is 11.6 Å². The van der Waals surface area contributed by atoms with Crippen LogP contribution in [0.3, 0.4) is 0 Å². The Labute approximate surface area is 129 Å². The molecule has 0 bridgehead atoms. The zero-order valence-electron chi connectivity index (χ0n) is 12.9. The second kappa shape index (κ2) is 6.47. The minimum atomic E-state index is -0.451. The van der Waals surface area contributed by atoms with E-state index in [1.807, 2.05) is 25.5 Å². The van der Waals surface area contributed by atoms with E-state index in [0.717, 1.165) is 29.1 Å². The van der Waals surface area contributed by atoms with Crippen LogP contribution in [0.2, 0.25) is 0 Å². The Balaban J connectivity index is 2.60. The highest BCUT2D eigenvalue weighted by Gasteiger charge is 2.26. The van der Waals surface area contributed by atoms with Gasteiger partial charge in [0.05, 0.1) is 12.3 Å². The molecule has 0 saturated heterocycles. The molecule has 2 rings (SSSR count). The van der Waals surface area contributed by atoms with E-state index in [1.54, 1.807) is 11.6 Å². The highest BCUT2D eigenvalue weighted by Crippen LogP contribution is 2.25. The summed E-state index contributed by atoms with van der Waals surface area (Å²) in [5.41, 5.74) is 2.61. The quantitative estimate of drug-likeness (QED) is 0.606. The third-order valence-corrected chi connectivity index (χ3v) is 3.67. The van der Waals surface area contributed by atoms with Crippen LogP contribution < -0.4 is 0 Å². The molecule has 0 N–H and O–H groups in total. The molecule has 0 aromatic carbocycles. The zero-order chi connectivity index (χ0) is 15.6. The normalized spacial score (nSPS) is 12.8. The lowest BCUT2D eigenvalue weighted by molar-refractivity contribution is -0.146. The maximum Gasteiger partial charge on any atom is 0.328 e. The van der Waals surface area contributed by atoms with E-state index < -0.39 is 6.04 Å². The number of aromatic nitrogens is 4. The number of rotatable bonds is 6. The van der Waals surface area contributed by atoms with Gasteiger partial charge in [-0.15, -0.1) is 11.6 Å². The number of fused-ring (bicyclic) bond motifs is 1. The maximum absolute atomic E-state index is 12.1. The van der Waals surface area contributed by atoms with E-state index >= 15 is 0 Å². The van der Waals surface area contributed by atoms with Crippen molar-refractivity contribution in [2.45, 2.75) is 39.7 Å². The van der Waals surface area contributed by atoms with Crippen LogP contribution in [0.4, 0.5) is 0 Å². The van der Waals surface area contributed by atoms with Crippen molar-refractivity contribution in [2.24, 2.45) is 7.05 Å². The first-order valence-corrected chi connectivity index (χ1v) is 7.73. The molecule has 6 nitrogen and oxygen atoms in total. The summed E-state index contributed by atoms with van der Waals surface area (Å²) in [6.45, 7) is 6.01. The zero-order valence-corrected chi connectivity index (χ0v) is 13.6. The summed E-state index contributed by atoms with van der Waals surface area (Å²) in [7, 11) is 1.86. The number of alkyl halides is 1. The van der Waals surface area contributed by atoms with Crippen molar-refractivity contribution in [1.29, 1.82) is 0 Å². The lowest BCUT2D eigenvalue weighted by Gasteiger charge is -2.16.